The molecule has 0 saturated heterocycles. The second-order valence-electron chi connectivity index (χ2n) is 4.89. The van der Waals surface area contributed by atoms with Crippen molar-refractivity contribution in [2.75, 3.05) is 4.72 Å². The molecular weight excluding hydrogens is 318 g/mol. The fourth-order valence-electron chi connectivity index (χ4n) is 2.07. The van der Waals surface area contributed by atoms with Crippen LogP contribution >= 0.6 is 11.3 Å². The van der Waals surface area contributed by atoms with Gasteiger partial charge >= 0.3 is 0 Å². The van der Waals surface area contributed by atoms with Crippen LogP contribution in [0.1, 0.15) is 5.56 Å². The molecule has 0 saturated carbocycles. The maximum Gasteiger partial charge on any atom is 0.262 e. The van der Waals surface area contributed by atoms with Crippen molar-refractivity contribution in [1.29, 1.82) is 0 Å². The van der Waals surface area contributed by atoms with Crippen molar-refractivity contribution in [3.63, 3.8) is 0 Å². The van der Waals surface area contributed by atoms with Gasteiger partial charge in [-0.25, -0.2) is 8.42 Å². The molecule has 22 heavy (non-hydrogen) atoms. The van der Waals surface area contributed by atoms with Gasteiger partial charge in [-0.1, -0.05) is 29.8 Å². The smallest absolute Gasteiger partial charge is 0.262 e. The molecule has 0 fully saturated rings. The number of hydrogen-bond donors (Lipinski definition) is 1. The molecular formula is C16H13NO3S2. The van der Waals surface area contributed by atoms with Crippen LogP contribution < -0.4 is 10.2 Å². The molecule has 112 valence electrons. The summed E-state index contributed by atoms with van der Waals surface area (Å²) in [5.74, 6) is 0. The second kappa shape index (κ2) is 5.55. The van der Waals surface area contributed by atoms with Crippen molar-refractivity contribution in [3.05, 3.63) is 69.7 Å². The van der Waals surface area contributed by atoms with E-state index in [0.29, 0.717) is 5.39 Å². The number of sulfonamides is 1. The van der Waals surface area contributed by atoms with Crippen LogP contribution in [0.25, 0.3) is 10.1 Å². The number of hydrogen-bond acceptors (Lipinski definition) is 4. The van der Waals surface area contributed by atoms with Crippen molar-refractivity contribution in [2.24, 2.45) is 0 Å². The van der Waals surface area contributed by atoms with Gasteiger partial charge in [-0.15, -0.1) is 11.3 Å². The highest BCUT2D eigenvalue weighted by Gasteiger charge is 2.16. The van der Waals surface area contributed by atoms with E-state index in [1.165, 1.54) is 28.8 Å². The quantitative estimate of drug-likeness (QED) is 0.800. The molecule has 0 bridgehead atoms. The highest BCUT2D eigenvalue weighted by atomic mass is 32.2. The fourth-order valence-corrected chi connectivity index (χ4v) is 4.05. The van der Waals surface area contributed by atoms with Gasteiger partial charge in [0, 0.05) is 15.5 Å². The van der Waals surface area contributed by atoms with Crippen molar-refractivity contribution in [2.45, 2.75) is 11.8 Å². The minimum Gasteiger partial charge on any atom is -0.287 e. The van der Waals surface area contributed by atoms with E-state index in [4.69, 9.17) is 0 Å². The Hall–Kier alpha value is -2.18. The highest BCUT2D eigenvalue weighted by Crippen LogP contribution is 2.21. The fraction of sp³-hybridized carbons (Fsp3) is 0.0625. The van der Waals surface area contributed by atoms with Crippen LogP contribution in [0.3, 0.4) is 0 Å². The molecule has 0 unspecified atom stereocenters. The molecule has 3 aromatic rings. The lowest BCUT2D eigenvalue weighted by Crippen LogP contribution is -2.18. The second-order valence-corrected chi connectivity index (χ2v) is 7.49. The summed E-state index contributed by atoms with van der Waals surface area (Å²) in [7, 11) is -3.76. The molecule has 0 aliphatic carbocycles. The summed E-state index contributed by atoms with van der Waals surface area (Å²) in [5, 5.41) is 2.05. The normalized spacial score (nSPS) is 11.5. The predicted octanol–water partition coefficient (Wildman–Crippen LogP) is 3.37. The molecule has 0 aliphatic heterocycles. The molecule has 3 rings (SSSR count). The molecule has 0 spiro atoms. The first-order chi connectivity index (χ1) is 10.5. The Labute approximate surface area is 132 Å². The Kier molecular flexibility index (Phi) is 3.72. The first-order valence-electron chi connectivity index (χ1n) is 6.57. The third-order valence-electron chi connectivity index (χ3n) is 3.26. The van der Waals surface area contributed by atoms with Crippen LogP contribution in [0, 0.1) is 6.92 Å². The number of benzene rings is 2. The average Bonchev–Trinajstić information content (AvgIpc) is 2.51. The van der Waals surface area contributed by atoms with Crippen molar-refractivity contribution in [3.8, 4) is 0 Å². The monoisotopic (exact) mass is 331 g/mol. The van der Waals surface area contributed by atoms with Crippen LogP contribution in [0.4, 0.5) is 5.69 Å². The molecule has 1 aromatic heterocycles. The Morgan fingerprint density at radius 1 is 1.00 bits per heavy atom. The van der Waals surface area contributed by atoms with Crippen molar-refractivity contribution in [1.82, 2.24) is 0 Å². The minimum atomic E-state index is -3.76. The van der Waals surface area contributed by atoms with Crippen LogP contribution in [0.2, 0.25) is 0 Å². The molecule has 0 atom stereocenters. The summed E-state index contributed by atoms with van der Waals surface area (Å²) < 4.78 is 27.9. The Bertz CT molecular complexity index is 990. The van der Waals surface area contributed by atoms with E-state index in [-0.39, 0.29) is 16.0 Å². The lowest BCUT2D eigenvalue weighted by Gasteiger charge is -2.08. The van der Waals surface area contributed by atoms with Gasteiger partial charge in [-0.2, -0.15) is 0 Å². The van der Waals surface area contributed by atoms with Gasteiger partial charge in [-0.05, 0) is 31.2 Å². The summed E-state index contributed by atoms with van der Waals surface area (Å²) in [6, 6.07) is 13.6. The van der Waals surface area contributed by atoms with Crippen LogP contribution in [0.5, 0.6) is 0 Å². The summed E-state index contributed by atoms with van der Waals surface area (Å²) in [6.45, 7) is 1.88. The largest absolute Gasteiger partial charge is 0.287 e. The molecule has 2 aromatic carbocycles. The first-order valence-corrected chi connectivity index (χ1v) is 8.94. The maximum atomic E-state index is 12.4. The summed E-state index contributed by atoms with van der Waals surface area (Å²) in [6.07, 6.45) is 0. The average molecular weight is 331 g/mol. The number of aryl methyl sites for hydroxylation is 1. The van der Waals surface area contributed by atoms with Gasteiger partial charge in [0.25, 0.3) is 10.0 Å². The topological polar surface area (TPSA) is 63.2 Å². The van der Waals surface area contributed by atoms with E-state index in [9.17, 15) is 13.2 Å². The van der Waals surface area contributed by atoms with E-state index in [0.717, 1.165) is 10.3 Å². The van der Waals surface area contributed by atoms with Crippen LogP contribution in [0.15, 0.2) is 63.6 Å². The van der Waals surface area contributed by atoms with Gasteiger partial charge in [0.05, 0.1) is 4.90 Å². The molecule has 0 amide bonds. The molecule has 0 aliphatic rings. The summed E-state index contributed by atoms with van der Waals surface area (Å²) in [4.78, 5) is 12.5. The highest BCUT2D eigenvalue weighted by molar-refractivity contribution is 7.92. The molecule has 0 radical (unpaired) electrons. The van der Waals surface area contributed by atoms with E-state index >= 15 is 0 Å². The lowest BCUT2D eigenvalue weighted by atomic mass is 10.2. The van der Waals surface area contributed by atoms with Crippen LogP contribution in [-0.4, -0.2) is 8.42 Å². The first kappa shape index (κ1) is 14.7. The zero-order chi connectivity index (χ0) is 15.7. The third kappa shape index (κ3) is 2.75. The molecule has 1 heterocycles. The molecule has 6 heteroatoms. The standard InChI is InChI=1S/C16H13NO3S2/c1-11-6-8-12(9-7-11)22(19,20)17-14-10-21-15-5-3-2-4-13(15)16(14)18/h2-10,17H,1H3. The van der Waals surface area contributed by atoms with Gasteiger partial charge in [0.1, 0.15) is 5.69 Å². The lowest BCUT2D eigenvalue weighted by molar-refractivity contribution is 0.601. The Morgan fingerprint density at radius 3 is 2.41 bits per heavy atom. The van der Waals surface area contributed by atoms with Gasteiger partial charge in [0.15, 0.2) is 0 Å². The number of anilines is 1. The SMILES string of the molecule is Cc1ccc(S(=O)(=O)Nc2csc3ccccc3c2=O)cc1. The van der Waals surface area contributed by atoms with Crippen LogP contribution in [-0.2, 0) is 10.0 Å². The number of nitrogens with one attached hydrogen (secondary N) is 1. The van der Waals surface area contributed by atoms with Gasteiger partial charge < -0.3 is 0 Å². The Morgan fingerprint density at radius 2 is 1.68 bits per heavy atom. The van der Waals surface area contributed by atoms with E-state index < -0.39 is 10.0 Å². The van der Waals surface area contributed by atoms with E-state index in [1.54, 1.807) is 24.3 Å². The zero-order valence-electron chi connectivity index (χ0n) is 11.7. The predicted molar refractivity (Wildman–Crippen MR) is 90.1 cm³/mol. The zero-order valence-corrected chi connectivity index (χ0v) is 13.4. The summed E-state index contributed by atoms with van der Waals surface area (Å²) >= 11 is 1.33. The number of rotatable bonds is 3. The Balaban J connectivity index is 2.04. The van der Waals surface area contributed by atoms with E-state index in [1.807, 2.05) is 19.1 Å². The molecule has 1 N–H and O–H groups in total. The van der Waals surface area contributed by atoms with E-state index in [2.05, 4.69) is 4.72 Å². The van der Waals surface area contributed by atoms with Crippen molar-refractivity contribution >= 4 is 37.1 Å². The van der Waals surface area contributed by atoms with Gasteiger partial charge in [-0.3, -0.25) is 9.52 Å². The van der Waals surface area contributed by atoms with Gasteiger partial charge in [0.2, 0.25) is 5.43 Å². The third-order valence-corrected chi connectivity index (χ3v) is 5.60. The maximum absolute atomic E-state index is 12.4. The minimum absolute atomic E-state index is 0.0734. The summed E-state index contributed by atoms with van der Waals surface area (Å²) in [5.41, 5.74) is 0.728. The van der Waals surface area contributed by atoms with Crippen molar-refractivity contribution < 1.29 is 8.42 Å². The molecule has 4 nitrogen and oxygen atoms in total. The number of fused-ring (bicyclic) bond motifs is 1.